The first kappa shape index (κ1) is 9.62. The first-order chi connectivity index (χ1) is 6.07. The Morgan fingerprint density at radius 3 is 2.77 bits per heavy atom. The smallest absolute Gasteiger partial charge is 0.159 e. The fraction of sp³-hybridized carbons (Fsp3) is 0.667. The highest BCUT2D eigenvalue weighted by atomic mass is 79.9. The van der Waals surface area contributed by atoms with Gasteiger partial charge in [0.15, 0.2) is 3.92 Å². The van der Waals surface area contributed by atoms with Gasteiger partial charge in [-0.3, -0.25) is 0 Å². The van der Waals surface area contributed by atoms with Crippen LogP contribution in [0.15, 0.2) is 9.30 Å². The second kappa shape index (κ2) is 3.04. The van der Waals surface area contributed by atoms with Gasteiger partial charge in [-0.15, -0.1) is 11.3 Å². The zero-order chi connectivity index (χ0) is 9.64. The van der Waals surface area contributed by atoms with Gasteiger partial charge < -0.3 is 5.73 Å². The lowest BCUT2D eigenvalue weighted by molar-refractivity contribution is 0.557. The summed E-state index contributed by atoms with van der Waals surface area (Å²) in [5.41, 5.74) is 7.26. The molecule has 2 rings (SSSR count). The van der Waals surface area contributed by atoms with Crippen molar-refractivity contribution in [2.45, 2.75) is 19.8 Å². The molecule has 0 saturated heterocycles. The van der Waals surface area contributed by atoms with Crippen LogP contribution >= 0.6 is 27.3 Å². The van der Waals surface area contributed by atoms with Crippen molar-refractivity contribution in [1.29, 1.82) is 0 Å². The van der Waals surface area contributed by atoms with E-state index in [0.29, 0.717) is 17.3 Å². The SMILES string of the molecule is CC1(C)C(CN)C1c1csc(Br)n1. The van der Waals surface area contributed by atoms with E-state index in [1.807, 2.05) is 0 Å². The van der Waals surface area contributed by atoms with Gasteiger partial charge in [0, 0.05) is 11.3 Å². The molecule has 1 aromatic heterocycles. The van der Waals surface area contributed by atoms with Gasteiger partial charge in [-0.1, -0.05) is 13.8 Å². The second-order valence-electron chi connectivity index (χ2n) is 4.17. The average Bonchev–Trinajstić information content (AvgIpc) is 2.41. The molecule has 1 fully saturated rings. The zero-order valence-electron chi connectivity index (χ0n) is 7.75. The molecule has 1 saturated carbocycles. The van der Waals surface area contributed by atoms with Crippen molar-refractivity contribution in [3.05, 3.63) is 15.0 Å². The molecule has 1 heterocycles. The number of rotatable bonds is 2. The summed E-state index contributed by atoms with van der Waals surface area (Å²) in [5.74, 6) is 1.18. The highest BCUT2D eigenvalue weighted by Gasteiger charge is 2.58. The second-order valence-corrected chi connectivity index (χ2v) is 6.30. The minimum absolute atomic E-state index is 0.349. The van der Waals surface area contributed by atoms with Crippen LogP contribution in [0.25, 0.3) is 0 Å². The van der Waals surface area contributed by atoms with Crippen molar-refractivity contribution in [2.24, 2.45) is 17.1 Å². The van der Waals surface area contributed by atoms with E-state index in [2.05, 4.69) is 40.1 Å². The molecule has 2 unspecified atom stereocenters. The summed E-state index contributed by atoms with van der Waals surface area (Å²) in [6.07, 6.45) is 0. The van der Waals surface area contributed by atoms with Crippen molar-refractivity contribution in [1.82, 2.24) is 4.98 Å². The normalized spacial score (nSPS) is 30.5. The van der Waals surface area contributed by atoms with Crippen molar-refractivity contribution >= 4 is 27.3 Å². The molecule has 2 N–H and O–H groups in total. The van der Waals surface area contributed by atoms with Gasteiger partial charge in [0.1, 0.15) is 0 Å². The van der Waals surface area contributed by atoms with E-state index in [1.54, 1.807) is 11.3 Å². The number of nitrogens with two attached hydrogens (primary N) is 1. The zero-order valence-corrected chi connectivity index (χ0v) is 10.2. The third-order valence-corrected chi connectivity index (χ3v) is 4.50. The quantitative estimate of drug-likeness (QED) is 0.888. The van der Waals surface area contributed by atoms with Crippen LogP contribution in [0.3, 0.4) is 0 Å². The fourth-order valence-corrected chi connectivity index (χ4v) is 3.24. The van der Waals surface area contributed by atoms with E-state index >= 15 is 0 Å². The number of hydrogen-bond donors (Lipinski definition) is 1. The number of halogens is 1. The third kappa shape index (κ3) is 1.45. The fourth-order valence-electron chi connectivity index (χ4n) is 2.18. The van der Waals surface area contributed by atoms with E-state index in [1.165, 1.54) is 5.69 Å². The Kier molecular flexibility index (Phi) is 2.25. The largest absolute Gasteiger partial charge is 0.330 e. The van der Waals surface area contributed by atoms with Gasteiger partial charge >= 0.3 is 0 Å². The van der Waals surface area contributed by atoms with Crippen LogP contribution in [0.1, 0.15) is 25.5 Å². The molecule has 0 aliphatic heterocycles. The van der Waals surface area contributed by atoms with Crippen LogP contribution in [-0.2, 0) is 0 Å². The number of thiazole rings is 1. The van der Waals surface area contributed by atoms with Crippen molar-refractivity contribution < 1.29 is 0 Å². The van der Waals surface area contributed by atoms with Gasteiger partial charge in [0.2, 0.25) is 0 Å². The Bertz CT molecular complexity index is 321. The van der Waals surface area contributed by atoms with Crippen molar-refractivity contribution in [3.63, 3.8) is 0 Å². The molecule has 1 aliphatic rings. The maximum Gasteiger partial charge on any atom is 0.159 e. The van der Waals surface area contributed by atoms with Crippen LogP contribution in [0.2, 0.25) is 0 Å². The number of nitrogens with zero attached hydrogens (tertiary/aromatic N) is 1. The van der Waals surface area contributed by atoms with Crippen LogP contribution in [-0.4, -0.2) is 11.5 Å². The van der Waals surface area contributed by atoms with Gasteiger partial charge in [-0.05, 0) is 33.8 Å². The molecule has 0 spiro atoms. The molecular weight excluding hydrogens is 248 g/mol. The molecule has 1 aromatic rings. The highest BCUT2D eigenvalue weighted by molar-refractivity contribution is 9.11. The Hall–Kier alpha value is 0.0700. The van der Waals surface area contributed by atoms with Gasteiger partial charge in [-0.25, -0.2) is 4.98 Å². The Labute approximate surface area is 90.7 Å². The van der Waals surface area contributed by atoms with Gasteiger partial charge in [0.25, 0.3) is 0 Å². The lowest BCUT2D eigenvalue weighted by Gasteiger charge is -1.98. The monoisotopic (exact) mass is 260 g/mol. The van der Waals surface area contributed by atoms with E-state index in [-0.39, 0.29) is 0 Å². The maximum atomic E-state index is 5.71. The predicted molar refractivity (Wildman–Crippen MR) is 58.9 cm³/mol. The molecule has 1 aliphatic carbocycles. The van der Waals surface area contributed by atoms with Gasteiger partial charge in [-0.2, -0.15) is 0 Å². The van der Waals surface area contributed by atoms with Crippen LogP contribution in [0, 0.1) is 11.3 Å². The van der Waals surface area contributed by atoms with Gasteiger partial charge in [0.05, 0.1) is 5.69 Å². The first-order valence-electron chi connectivity index (χ1n) is 4.38. The molecule has 0 bridgehead atoms. The molecule has 72 valence electrons. The molecule has 4 heteroatoms. The molecular formula is C9H13BrN2S. The molecule has 0 aromatic carbocycles. The van der Waals surface area contributed by atoms with Crippen molar-refractivity contribution in [3.8, 4) is 0 Å². The average molecular weight is 261 g/mol. The topological polar surface area (TPSA) is 38.9 Å². The summed E-state index contributed by atoms with van der Waals surface area (Å²) >= 11 is 5.03. The highest BCUT2D eigenvalue weighted by Crippen LogP contribution is 2.63. The lowest BCUT2D eigenvalue weighted by Crippen LogP contribution is -2.05. The molecule has 0 amide bonds. The summed E-state index contributed by atoms with van der Waals surface area (Å²) in [5, 5.41) is 2.13. The lowest BCUT2D eigenvalue weighted by atomic mass is 10.1. The minimum atomic E-state index is 0.349. The van der Waals surface area contributed by atoms with Crippen LogP contribution in [0.4, 0.5) is 0 Å². The molecule has 2 nitrogen and oxygen atoms in total. The van der Waals surface area contributed by atoms with Crippen molar-refractivity contribution in [2.75, 3.05) is 6.54 Å². The first-order valence-corrected chi connectivity index (χ1v) is 6.05. The van der Waals surface area contributed by atoms with Crippen LogP contribution < -0.4 is 5.73 Å². The summed E-state index contributed by atoms with van der Waals surface area (Å²) in [4.78, 5) is 4.45. The molecule has 13 heavy (non-hydrogen) atoms. The summed E-state index contributed by atoms with van der Waals surface area (Å²) < 4.78 is 0.973. The van der Waals surface area contributed by atoms with E-state index in [0.717, 1.165) is 10.5 Å². The van der Waals surface area contributed by atoms with Crippen LogP contribution in [0.5, 0.6) is 0 Å². The molecule has 0 radical (unpaired) electrons. The minimum Gasteiger partial charge on any atom is -0.330 e. The Balaban J connectivity index is 2.21. The summed E-state index contributed by atoms with van der Waals surface area (Å²) in [6.45, 7) is 5.30. The molecule has 2 atom stereocenters. The number of aromatic nitrogens is 1. The predicted octanol–water partition coefficient (Wildman–Crippen LogP) is 2.60. The summed E-state index contributed by atoms with van der Waals surface area (Å²) in [6, 6.07) is 0. The number of hydrogen-bond acceptors (Lipinski definition) is 3. The Morgan fingerprint density at radius 1 is 1.69 bits per heavy atom. The summed E-state index contributed by atoms with van der Waals surface area (Å²) in [7, 11) is 0. The Morgan fingerprint density at radius 2 is 2.38 bits per heavy atom. The van der Waals surface area contributed by atoms with E-state index in [9.17, 15) is 0 Å². The standard InChI is InChI=1S/C9H13BrN2S/c1-9(2)5(3-11)7(9)6-4-13-8(10)12-6/h4-5,7H,3,11H2,1-2H3. The third-order valence-electron chi connectivity index (χ3n) is 3.12. The van der Waals surface area contributed by atoms with E-state index in [4.69, 9.17) is 5.73 Å². The maximum absolute atomic E-state index is 5.71. The van der Waals surface area contributed by atoms with E-state index < -0.39 is 0 Å².